The van der Waals surface area contributed by atoms with Gasteiger partial charge in [-0.05, 0) is 0 Å². The first-order chi connectivity index (χ1) is 4.13. The number of hydrogen-bond donors (Lipinski definition) is 0. The Morgan fingerprint density at radius 3 is 2.22 bits per heavy atom. The lowest BCUT2D eigenvalue weighted by Crippen LogP contribution is -2.25. The molecule has 1 saturated heterocycles. The zero-order chi connectivity index (χ0) is 7.02. The molecular weight excluding hydrogens is 188 g/mol. The molecule has 0 spiro atoms. The molecule has 0 unspecified atom stereocenters. The maximum atomic E-state index is 10.7. The van der Waals surface area contributed by atoms with Gasteiger partial charge in [-0.25, -0.2) is 4.79 Å². The highest BCUT2D eigenvalue weighted by Crippen LogP contribution is 2.10. The Labute approximate surface area is 60.7 Å². The lowest BCUT2D eigenvalue weighted by molar-refractivity contribution is -0.124. The second kappa shape index (κ2) is 1.98. The quantitative estimate of drug-likeness (QED) is 0.407. The topological polar surface area (TPSA) is 40.6 Å². The monoisotopic (exact) mass is 192 g/mol. The molecule has 3 amide bonds. The molecule has 0 aromatic carbocycles. The molecule has 9 heavy (non-hydrogen) atoms. The summed E-state index contributed by atoms with van der Waals surface area (Å²) in [6.07, 6.45) is 0. The molecule has 0 radical (unpaired) electrons. The predicted octanol–water partition coefficient (Wildman–Crippen LogP) is 0.190. The first-order valence-electron chi connectivity index (χ1n) is 2.37. The van der Waals surface area contributed by atoms with Crippen molar-refractivity contribution in [1.82, 2.24) is 8.83 Å². The van der Waals surface area contributed by atoms with Gasteiger partial charge in [-0.3, -0.25) is 13.6 Å². The van der Waals surface area contributed by atoms with Gasteiger partial charge in [0.25, 0.3) is 5.91 Å². The number of urea groups is 1. The molecule has 0 aromatic rings. The minimum absolute atomic E-state index is 0.134. The number of carbonyl (C=O) groups excluding carboxylic acids is 2. The average Bonchev–Trinajstić information content (AvgIpc) is 1.98. The summed E-state index contributed by atoms with van der Waals surface area (Å²) >= 11 is 2.91. The van der Waals surface area contributed by atoms with Gasteiger partial charge >= 0.3 is 6.03 Å². The van der Waals surface area contributed by atoms with E-state index in [4.69, 9.17) is 0 Å². The van der Waals surface area contributed by atoms with E-state index in [0.717, 1.165) is 4.90 Å². The first kappa shape index (κ1) is 6.54. The van der Waals surface area contributed by atoms with E-state index in [-0.39, 0.29) is 18.5 Å². The minimum Gasteiger partial charge on any atom is -0.272 e. The number of nitrogens with zero attached hydrogens (tertiary/aromatic N) is 2. The van der Waals surface area contributed by atoms with Crippen LogP contribution in [0.25, 0.3) is 0 Å². The van der Waals surface area contributed by atoms with E-state index in [0.29, 0.717) is 0 Å². The van der Waals surface area contributed by atoms with Gasteiger partial charge in [0.05, 0.1) is 16.1 Å². The molecule has 0 aromatic heterocycles. The molecule has 0 atom stereocenters. The van der Waals surface area contributed by atoms with Crippen molar-refractivity contribution in [3.63, 3.8) is 0 Å². The maximum Gasteiger partial charge on any atom is 0.336 e. The van der Waals surface area contributed by atoms with Crippen LogP contribution in [0.5, 0.6) is 0 Å². The molecule has 1 aliphatic rings. The van der Waals surface area contributed by atoms with Crippen molar-refractivity contribution in [2.75, 3.05) is 13.6 Å². The zero-order valence-corrected chi connectivity index (χ0v) is 6.38. The Bertz CT molecular complexity index is 170. The summed E-state index contributed by atoms with van der Waals surface area (Å²) in [6, 6.07) is -0.306. The summed E-state index contributed by atoms with van der Waals surface area (Å²) in [6.45, 7) is 0.134. The molecule has 0 aliphatic carbocycles. The third-order valence-electron chi connectivity index (χ3n) is 1.14. The van der Waals surface area contributed by atoms with E-state index >= 15 is 0 Å². The molecule has 1 fully saturated rings. The molecule has 0 N–H and O–H groups in total. The molecule has 1 rings (SSSR count). The van der Waals surface area contributed by atoms with Crippen LogP contribution in [0.4, 0.5) is 4.79 Å². The van der Waals surface area contributed by atoms with Crippen LogP contribution in [0.15, 0.2) is 0 Å². The Hall–Kier alpha value is -0.580. The fraction of sp³-hybridized carbons (Fsp3) is 0.500. The highest BCUT2D eigenvalue weighted by atomic mass is 79.9. The van der Waals surface area contributed by atoms with Gasteiger partial charge in [0.2, 0.25) is 0 Å². The Morgan fingerprint density at radius 1 is 1.56 bits per heavy atom. The number of likely N-dealkylation sites (N-methyl/N-ethyl adjacent to an activating group) is 1. The Balaban J connectivity index is 2.77. The van der Waals surface area contributed by atoms with Crippen molar-refractivity contribution < 1.29 is 9.59 Å². The van der Waals surface area contributed by atoms with E-state index in [1.165, 1.54) is 11.0 Å². The van der Waals surface area contributed by atoms with Gasteiger partial charge in [-0.15, -0.1) is 0 Å². The van der Waals surface area contributed by atoms with E-state index in [9.17, 15) is 9.59 Å². The molecule has 0 bridgehead atoms. The van der Waals surface area contributed by atoms with Gasteiger partial charge in [-0.1, -0.05) is 0 Å². The van der Waals surface area contributed by atoms with Crippen LogP contribution in [-0.4, -0.2) is 34.4 Å². The first-order valence-corrected chi connectivity index (χ1v) is 3.07. The molecule has 1 heterocycles. The van der Waals surface area contributed by atoms with Crippen LogP contribution < -0.4 is 0 Å². The van der Waals surface area contributed by atoms with Crippen molar-refractivity contribution >= 4 is 28.1 Å². The SMILES string of the molecule is CN1C(=O)CN(Br)C1=O. The number of rotatable bonds is 0. The Morgan fingerprint density at radius 2 is 2.11 bits per heavy atom. The number of hydrogen-bond acceptors (Lipinski definition) is 2. The molecule has 0 saturated carbocycles. The van der Waals surface area contributed by atoms with Crippen LogP contribution in [-0.2, 0) is 4.79 Å². The van der Waals surface area contributed by atoms with Crippen molar-refractivity contribution in [1.29, 1.82) is 0 Å². The van der Waals surface area contributed by atoms with E-state index in [1.54, 1.807) is 0 Å². The van der Waals surface area contributed by atoms with Crippen molar-refractivity contribution in [3.8, 4) is 0 Å². The Kier molecular flexibility index (Phi) is 1.44. The van der Waals surface area contributed by atoms with E-state index < -0.39 is 0 Å². The molecule has 4 nitrogen and oxygen atoms in total. The van der Waals surface area contributed by atoms with Gasteiger partial charge in [0, 0.05) is 7.05 Å². The van der Waals surface area contributed by atoms with Crippen molar-refractivity contribution in [2.24, 2.45) is 0 Å². The third kappa shape index (κ3) is 0.917. The minimum atomic E-state index is -0.306. The van der Waals surface area contributed by atoms with Crippen molar-refractivity contribution in [2.45, 2.75) is 0 Å². The van der Waals surface area contributed by atoms with Crippen LogP contribution in [0, 0.1) is 0 Å². The molecular formula is C4H5BrN2O2. The smallest absolute Gasteiger partial charge is 0.272 e. The lowest BCUT2D eigenvalue weighted by Gasteiger charge is -2.03. The number of imide groups is 1. The van der Waals surface area contributed by atoms with E-state index in [2.05, 4.69) is 16.1 Å². The van der Waals surface area contributed by atoms with E-state index in [1.807, 2.05) is 0 Å². The second-order valence-corrected chi connectivity index (χ2v) is 2.61. The standard InChI is InChI=1S/C4H5BrN2O2/c1-6-3(8)2-7(5)4(6)9/h2H2,1H3. The van der Waals surface area contributed by atoms with Crippen LogP contribution in [0.3, 0.4) is 0 Å². The van der Waals surface area contributed by atoms with Crippen LogP contribution >= 0.6 is 16.1 Å². The summed E-state index contributed by atoms with van der Waals surface area (Å²) in [5, 5.41) is 0. The molecule has 50 valence electrons. The summed E-state index contributed by atoms with van der Waals surface area (Å²) in [5.41, 5.74) is 0. The second-order valence-electron chi connectivity index (χ2n) is 1.76. The highest BCUT2D eigenvalue weighted by molar-refractivity contribution is 9.07. The lowest BCUT2D eigenvalue weighted by atomic mass is 10.6. The summed E-state index contributed by atoms with van der Waals surface area (Å²) in [5.74, 6) is -0.183. The predicted molar refractivity (Wildman–Crippen MR) is 33.8 cm³/mol. The number of amides is 3. The van der Waals surface area contributed by atoms with Crippen LogP contribution in [0.2, 0.25) is 0 Å². The number of halogens is 1. The summed E-state index contributed by atoms with van der Waals surface area (Å²) in [4.78, 5) is 22.4. The van der Waals surface area contributed by atoms with Crippen LogP contribution in [0.1, 0.15) is 0 Å². The summed E-state index contributed by atoms with van der Waals surface area (Å²) < 4.78 is 1.19. The van der Waals surface area contributed by atoms with Gasteiger partial charge < -0.3 is 0 Å². The normalized spacial score (nSPS) is 19.8. The highest BCUT2D eigenvalue weighted by Gasteiger charge is 2.31. The van der Waals surface area contributed by atoms with Gasteiger partial charge in [0.15, 0.2) is 0 Å². The third-order valence-corrected chi connectivity index (χ3v) is 1.70. The van der Waals surface area contributed by atoms with Gasteiger partial charge in [0.1, 0.15) is 6.54 Å². The fourth-order valence-electron chi connectivity index (χ4n) is 0.562. The maximum absolute atomic E-state index is 10.7. The molecule has 5 heteroatoms. The van der Waals surface area contributed by atoms with Gasteiger partial charge in [-0.2, -0.15) is 0 Å². The number of carbonyl (C=O) groups is 2. The summed E-state index contributed by atoms with van der Waals surface area (Å²) in [7, 11) is 1.45. The molecule has 1 aliphatic heterocycles. The van der Waals surface area contributed by atoms with Crippen molar-refractivity contribution in [3.05, 3.63) is 0 Å². The fourth-order valence-corrected chi connectivity index (χ4v) is 1.01. The zero-order valence-electron chi connectivity index (χ0n) is 4.80. The largest absolute Gasteiger partial charge is 0.336 e. The average molecular weight is 193 g/mol.